The van der Waals surface area contributed by atoms with E-state index in [1.165, 1.54) is 0 Å². The smallest absolute Gasteiger partial charge is 0.131 e. The number of halogens is 2. The summed E-state index contributed by atoms with van der Waals surface area (Å²) < 4.78 is 5.63. The number of hydrogen-bond donors (Lipinski definition) is 2. The van der Waals surface area contributed by atoms with Crippen LogP contribution < -0.4 is 10.6 Å². The van der Waals surface area contributed by atoms with E-state index in [0.29, 0.717) is 10.0 Å². The molecule has 1 aliphatic heterocycles. The van der Waals surface area contributed by atoms with Gasteiger partial charge >= 0.3 is 0 Å². The third kappa shape index (κ3) is 5.46. The van der Waals surface area contributed by atoms with E-state index in [1.54, 1.807) is 6.07 Å². The fraction of sp³-hybridized carbons (Fsp3) is 0.444. The molecule has 0 aliphatic carbocycles. The SMILES string of the molecule is Cc1nc(NCCc2ccc(Cl)cc2Cl)cc(NCC2CCCO2)n1. The molecule has 0 bridgehead atoms. The average Bonchev–Trinajstić information content (AvgIpc) is 3.08. The number of aromatic nitrogens is 2. The Morgan fingerprint density at radius 2 is 1.96 bits per heavy atom. The van der Waals surface area contributed by atoms with Crippen LogP contribution in [-0.4, -0.2) is 35.8 Å². The van der Waals surface area contributed by atoms with Gasteiger partial charge in [0.15, 0.2) is 0 Å². The Bertz CT molecular complexity index is 720. The first kappa shape index (κ1) is 18.2. The number of anilines is 2. The van der Waals surface area contributed by atoms with Crippen LogP contribution in [0, 0.1) is 6.92 Å². The minimum atomic E-state index is 0.277. The monoisotopic (exact) mass is 380 g/mol. The van der Waals surface area contributed by atoms with Crippen molar-refractivity contribution in [2.45, 2.75) is 32.3 Å². The van der Waals surface area contributed by atoms with Gasteiger partial charge in [0.05, 0.1) is 6.10 Å². The van der Waals surface area contributed by atoms with Crippen LogP contribution in [0.15, 0.2) is 24.3 Å². The molecular weight excluding hydrogens is 359 g/mol. The molecule has 134 valence electrons. The summed E-state index contributed by atoms with van der Waals surface area (Å²) in [6, 6.07) is 7.49. The number of aryl methyl sites for hydroxylation is 1. The van der Waals surface area contributed by atoms with E-state index in [9.17, 15) is 0 Å². The van der Waals surface area contributed by atoms with Gasteiger partial charge in [-0.1, -0.05) is 29.3 Å². The highest BCUT2D eigenvalue weighted by molar-refractivity contribution is 6.35. The highest BCUT2D eigenvalue weighted by Crippen LogP contribution is 2.21. The van der Waals surface area contributed by atoms with Crippen molar-refractivity contribution in [1.82, 2.24) is 9.97 Å². The normalized spacial score (nSPS) is 16.8. The van der Waals surface area contributed by atoms with Crippen molar-refractivity contribution in [2.75, 3.05) is 30.3 Å². The topological polar surface area (TPSA) is 59.1 Å². The van der Waals surface area contributed by atoms with Crippen LogP contribution in [0.1, 0.15) is 24.2 Å². The van der Waals surface area contributed by atoms with Crippen molar-refractivity contribution in [3.05, 3.63) is 45.7 Å². The Labute approximate surface area is 158 Å². The van der Waals surface area contributed by atoms with Gasteiger partial charge in [-0.15, -0.1) is 0 Å². The largest absolute Gasteiger partial charge is 0.376 e. The molecule has 1 aliphatic rings. The van der Waals surface area contributed by atoms with Crippen LogP contribution >= 0.6 is 23.2 Å². The summed E-state index contributed by atoms with van der Waals surface area (Å²) >= 11 is 12.1. The molecule has 1 fully saturated rings. The third-order valence-corrected chi connectivity index (χ3v) is 4.68. The van der Waals surface area contributed by atoms with Crippen LogP contribution in [0.25, 0.3) is 0 Å². The summed E-state index contributed by atoms with van der Waals surface area (Å²) in [7, 11) is 0. The van der Waals surface area contributed by atoms with E-state index in [0.717, 1.165) is 62.0 Å². The molecule has 5 nitrogen and oxygen atoms in total. The fourth-order valence-corrected chi connectivity index (χ4v) is 3.33. The molecule has 1 unspecified atom stereocenters. The molecule has 25 heavy (non-hydrogen) atoms. The first-order chi connectivity index (χ1) is 12.1. The zero-order valence-corrected chi connectivity index (χ0v) is 15.7. The first-order valence-corrected chi connectivity index (χ1v) is 9.25. The standard InChI is InChI=1S/C18H22Cl2N4O/c1-12-23-17(10-18(24-12)22-11-15-3-2-8-25-15)21-7-6-13-4-5-14(19)9-16(13)20/h4-5,9-10,15H,2-3,6-8,11H2,1H3,(H2,21,22,23,24). The third-order valence-electron chi connectivity index (χ3n) is 4.09. The second-order valence-electron chi connectivity index (χ2n) is 6.11. The van der Waals surface area contributed by atoms with Crippen molar-refractivity contribution >= 4 is 34.8 Å². The quantitative estimate of drug-likeness (QED) is 0.747. The summed E-state index contributed by atoms with van der Waals surface area (Å²) in [4.78, 5) is 8.87. The highest BCUT2D eigenvalue weighted by atomic mass is 35.5. The zero-order chi connectivity index (χ0) is 17.6. The predicted molar refractivity (Wildman–Crippen MR) is 103 cm³/mol. The lowest BCUT2D eigenvalue weighted by Gasteiger charge is -2.13. The predicted octanol–water partition coefficient (Wildman–Crippen LogP) is 4.34. The molecule has 7 heteroatoms. The van der Waals surface area contributed by atoms with Crippen LogP contribution in [0.5, 0.6) is 0 Å². The molecule has 0 radical (unpaired) electrons. The Morgan fingerprint density at radius 1 is 1.16 bits per heavy atom. The van der Waals surface area contributed by atoms with E-state index in [2.05, 4.69) is 20.6 Å². The maximum atomic E-state index is 6.21. The molecule has 0 spiro atoms. The van der Waals surface area contributed by atoms with Crippen molar-refractivity contribution in [3.63, 3.8) is 0 Å². The van der Waals surface area contributed by atoms with Gasteiger partial charge in [0.2, 0.25) is 0 Å². The van der Waals surface area contributed by atoms with Crippen LogP contribution in [0.3, 0.4) is 0 Å². The van der Waals surface area contributed by atoms with Crippen molar-refractivity contribution in [3.8, 4) is 0 Å². The van der Waals surface area contributed by atoms with Gasteiger partial charge in [0, 0.05) is 35.8 Å². The van der Waals surface area contributed by atoms with Gasteiger partial charge in [-0.3, -0.25) is 0 Å². The Kier molecular flexibility index (Phi) is 6.34. The minimum Gasteiger partial charge on any atom is -0.376 e. The van der Waals surface area contributed by atoms with Gasteiger partial charge in [-0.25, -0.2) is 9.97 Å². The maximum absolute atomic E-state index is 6.21. The van der Waals surface area contributed by atoms with E-state index in [1.807, 2.05) is 25.1 Å². The number of rotatable bonds is 7. The molecule has 2 aromatic rings. The molecule has 0 amide bonds. The first-order valence-electron chi connectivity index (χ1n) is 8.49. The molecular formula is C18H22Cl2N4O. The van der Waals surface area contributed by atoms with E-state index >= 15 is 0 Å². The molecule has 1 aromatic heterocycles. The Morgan fingerprint density at radius 3 is 2.68 bits per heavy atom. The summed E-state index contributed by atoms with van der Waals surface area (Å²) in [6.45, 7) is 4.24. The number of nitrogens with zero attached hydrogens (tertiary/aromatic N) is 2. The molecule has 1 aromatic carbocycles. The van der Waals surface area contributed by atoms with Crippen molar-refractivity contribution in [2.24, 2.45) is 0 Å². The Balaban J connectivity index is 1.54. The number of hydrogen-bond acceptors (Lipinski definition) is 5. The maximum Gasteiger partial charge on any atom is 0.131 e. The lowest BCUT2D eigenvalue weighted by Crippen LogP contribution is -2.19. The second-order valence-corrected chi connectivity index (χ2v) is 6.96. The molecule has 3 rings (SSSR count). The number of nitrogens with one attached hydrogen (secondary N) is 2. The summed E-state index contributed by atoms with van der Waals surface area (Å²) in [5, 5.41) is 8.00. The van der Waals surface area contributed by atoms with Crippen molar-refractivity contribution < 1.29 is 4.74 Å². The minimum absolute atomic E-state index is 0.277. The van der Waals surface area contributed by atoms with Crippen molar-refractivity contribution in [1.29, 1.82) is 0 Å². The summed E-state index contributed by atoms with van der Waals surface area (Å²) in [5.41, 5.74) is 1.06. The van der Waals surface area contributed by atoms with Gasteiger partial charge < -0.3 is 15.4 Å². The zero-order valence-electron chi connectivity index (χ0n) is 14.2. The molecule has 2 N–H and O–H groups in total. The number of benzene rings is 1. The summed E-state index contributed by atoms with van der Waals surface area (Å²) in [6.07, 6.45) is 3.30. The summed E-state index contributed by atoms with van der Waals surface area (Å²) in [5.74, 6) is 2.34. The van der Waals surface area contributed by atoms with Gasteiger partial charge in [-0.05, 0) is 43.9 Å². The molecule has 2 heterocycles. The molecule has 1 saturated heterocycles. The number of ether oxygens (including phenoxy) is 1. The molecule has 1 atom stereocenters. The van der Waals surface area contributed by atoms with E-state index in [4.69, 9.17) is 27.9 Å². The van der Waals surface area contributed by atoms with Gasteiger partial charge in [-0.2, -0.15) is 0 Å². The fourth-order valence-electron chi connectivity index (χ4n) is 2.82. The van der Waals surface area contributed by atoms with Crippen LogP contribution in [0.2, 0.25) is 10.0 Å². The highest BCUT2D eigenvalue weighted by Gasteiger charge is 2.15. The second kappa shape index (κ2) is 8.70. The van der Waals surface area contributed by atoms with Gasteiger partial charge in [0.25, 0.3) is 0 Å². The lowest BCUT2D eigenvalue weighted by atomic mass is 10.1. The lowest BCUT2D eigenvalue weighted by molar-refractivity contribution is 0.120. The van der Waals surface area contributed by atoms with Crippen LogP contribution in [-0.2, 0) is 11.2 Å². The van der Waals surface area contributed by atoms with Gasteiger partial charge in [0.1, 0.15) is 17.5 Å². The van der Waals surface area contributed by atoms with Crippen LogP contribution in [0.4, 0.5) is 11.6 Å². The van der Waals surface area contributed by atoms with E-state index < -0.39 is 0 Å². The molecule has 0 saturated carbocycles. The Hall–Kier alpha value is -1.56. The average molecular weight is 381 g/mol. The van der Waals surface area contributed by atoms with E-state index in [-0.39, 0.29) is 6.10 Å².